The summed E-state index contributed by atoms with van der Waals surface area (Å²) in [6.45, 7) is 22.9. The Morgan fingerprint density at radius 3 is 0.962 bits per heavy atom. The number of nitrogens with zero attached hydrogens (tertiary/aromatic N) is 2. The molecule has 270 valence electrons. The summed E-state index contributed by atoms with van der Waals surface area (Å²) in [4.78, 5) is 36.7. The van der Waals surface area contributed by atoms with Gasteiger partial charge >= 0.3 is 0 Å². The molecule has 4 aromatic rings. The molecule has 0 radical (unpaired) electrons. The smallest absolute Gasteiger partial charge is 0.165 e. The van der Waals surface area contributed by atoms with Crippen LogP contribution in [0.15, 0.2) is 81.8 Å². The van der Waals surface area contributed by atoms with E-state index in [1.54, 1.807) is 0 Å². The highest BCUT2D eigenvalue weighted by atomic mass is 16.3. The average Bonchev–Trinajstić information content (AvgIpc) is 3.01. The first-order chi connectivity index (χ1) is 24.4. The molecule has 0 unspecified atom stereocenters. The predicted molar refractivity (Wildman–Crippen MR) is 216 cm³/mol. The van der Waals surface area contributed by atoms with Gasteiger partial charge in [-0.15, -0.1) is 0 Å². The molecule has 0 saturated carbocycles. The van der Waals surface area contributed by atoms with Crippen molar-refractivity contribution in [3.8, 4) is 0 Å². The molecule has 4 rings (SSSR count). The van der Waals surface area contributed by atoms with E-state index in [9.17, 15) is 19.8 Å². The summed E-state index contributed by atoms with van der Waals surface area (Å²) in [5.74, 6) is -0.969. The molecule has 0 spiro atoms. The number of aliphatic hydroxyl groups is 2. The second kappa shape index (κ2) is 16.3. The third-order valence-corrected chi connectivity index (χ3v) is 9.35. The van der Waals surface area contributed by atoms with Gasteiger partial charge in [-0.05, 0) is 141 Å². The minimum atomic E-state index is -0.685. The Morgan fingerprint density at radius 2 is 0.712 bits per heavy atom. The van der Waals surface area contributed by atoms with Gasteiger partial charge in [0, 0.05) is 23.6 Å². The fourth-order valence-electron chi connectivity index (χ4n) is 7.42. The number of allylic oxidation sites excluding steroid dienone is 2. The summed E-state index contributed by atoms with van der Waals surface area (Å²) < 4.78 is 0. The maximum Gasteiger partial charge on any atom is 0.165 e. The van der Waals surface area contributed by atoms with E-state index in [0.717, 1.165) is 66.8 Å². The van der Waals surface area contributed by atoms with E-state index in [0.29, 0.717) is 11.1 Å². The Bertz CT molecular complexity index is 1940. The molecule has 0 saturated heterocycles. The molecule has 0 bridgehead atoms. The standard InChI is InChI=1S/C46H52N2O4/c1-25-13-26(2)20-37(19-25)45(51)39(35(11)49)23-47-43(41-31(7)15-29(5)16-32(41)8)44(42-33(9)17-30(6)18-34(42)10)48-24-40(36(12)50)46(52)38-21-27(3)14-28(4)22-38/h13-24,43-44,51-52H,1-12H3/b45-39-,46-40+,47-23?,48-24?/t43-,44+/m1/s1. The minimum Gasteiger partial charge on any atom is -0.507 e. The Balaban J connectivity index is 2.08. The number of benzene rings is 4. The normalized spacial score (nSPS) is 14.0. The Kier molecular flexibility index (Phi) is 12.4. The summed E-state index contributed by atoms with van der Waals surface area (Å²) in [6.07, 6.45) is 2.93. The van der Waals surface area contributed by atoms with Crippen LogP contribution in [0.2, 0.25) is 0 Å². The second-order valence-corrected chi connectivity index (χ2v) is 14.5. The Morgan fingerprint density at radius 1 is 0.462 bits per heavy atom. The summed E-state index contributed by atoms with van der Waals surface area (Å²) in [7, 11) is 0. The van der Waals surface area contributed by atoms with Crippen LogP contribution in [0.1, 0.15) is 104 Å². The van der Waals surface area contributed by atoms with Gasteiger partial charge in [-0.2, -0.15) is 0 Å². The van der Waals surface area contributed by atoms with Gasteiger partial charge in [-0.25, -0.2) is 0 Å². The number of hydrogen-bond acceptors (Lipinski definition) is 6. The fraction of sp³-hybridized carbons (Fsp3) is 0.304. The SMILES string of the molecule is CC(=O)/C(C=N[C@H](c1c(C)cc(C)cc1C)[C@@H](N=C/C(C(C)=O)=C(\O)c1cc(C)cc(C)c1)c1c(C)cc(C)cc1C)=C(\O)c1cc(C)cc(C)c1. The van der Waals surface area contributed by atoms with Crippen LogP contribution in [0.5, 0.6) is 0 Å². The largest absolute Gasteiger partial charge is 0.507 e. The van der Waals surface area contributed by atoms with E-state index in [4.69, 9.17) is 9.98 Å². The predicted octanol–water partition coefficient (Wildman–Crippen LogP) is 10.8. The maximum atomic E-state index is 13.2. The number of aryl methyl sites for hydroxylation is 10. The van der Waals surface area contributed by atoms with Crippen molar-refractivity contribution in [1.29, 1.82) is 0 Å². The molecular weight excluding hydrogens is 645 g/mol. The van der Waals surface area contributed by atoms with Crippen LogP contribution in [-0.4, -0.2) is 34.2 Å². The van der Waals surface area contributed by atoms with Crippen molar-refractivity contribution in [1.82, 2.24) is 0 Å². The first-order valence-corrected chi connectivity index (χ1v) is 17.6. The van der Waals surface area contributed by atoms with Gasteiger partial charge in [-0.1, -0.05) is 69.8 Å². The van der Waals surface area contributed by atoms with Crippen molar-refractivity contribution < 1.29 is 19.8 Å². The summed E-state index contributed by atoms with van der Waals surface area (Å²) in [6, 6.07) is 18.4. The lowest BCUT2D eigenvalue weighted by Crippen LogP contribution is -2.16. The van der Waals surface area contributed by atoms with E-state index in [1.165, 1.54) is 26.3 Å². The highest BCUT2D eigenvalue weighted by Crippen LogP contribution is 2.42. The van der Waals surface area contributed by atoms with Crippen molar-refractivity contribution >= 4 is 35.5 Å². The Hall–Kier alpha value is -5.36. The van der Waals surface area contributed by atoms with Crippen molar-refractivity contribution in [2.45, 2.75) is 95.2 Å². The topological polar surface area (TPSA) is 99.3 Å². The van der Waals surface area contributed by atoms with E-state index >= 15 is 0 Å². The van der Waals surface area contributed by atoms with E-state index in [-0.39, 0.29) is 34.2 Å². The second-order valence-electron chi connectivity index (χ2n) is 14.5. The number of carbonyl (C=O) groups is 2. The summed E-state index contributed by atoms with van der Waals surface area (Å²) >= 11 is 0. The molecule has 0 heterocycles. The summed E-state index contributed by atoms with van der Waals surface area (Å²) in [5, 5.41) is 23.0. The number of rotatable bonds is 11. The number of hydrogen-bond donors (Lipinski definition) is 2. The molecule has 0 aliphatic heterocycles. The highest BCUT2D eigenvalue weighted by molar-refractivity contribution is 6.18. The quantitative estimate of drug-likeness (QED) is 0.0926. The molecule has 0 amide bonds. The van der Waals surface area contributed by atoms with Crippen LogP contribution in [0.3, 0.4) is 0 Å². The first-order valence-electron chi connectivity index (χ1n) is 17.6. The van der Waals surface area contributed by atoms with Gasteiger partial charge in [0.2, 0.25) is 0 Å². The van der Waals surface area contributed by atoms with E-state index in [1.807, 2.05) is 106 Å². The molecule has 6 nitrogen and oxygen atoms in total. The van der Waals surface area contributed by atoms with Crippen LogP contribution >= 0.6 is 0 Å². The van der Waals surface area contributed by atoms with E-state index in [2.05, 4.69) is 24.3 Å². The maximum absolute atomic E-state index is 13.2. The van der Waals surface area contributed by atoms with E-state index < -0.39 is 12.1 Å². The van der Waals surface area contributed by atoms with Gasteiger partial charge in [0.05, 0.1) is 11.1 Å². The molecule has 6 heteroatoms. The zero-order valence-electron chi connectivity index (χ0n) is 32.7. The number of aliphatic imine (C=N–C) groups is 2. The van der Waals surface area contributed by atoms with Crippen molar-refractivity contribution in [3.05, 3.63) is 150 Å². The van der Waals surface area contributed by atoms with Crippen molar-refractivity contribution in [2.75, 3.05) is 0 Å². The molecule has 0 aliphatic rings. The molecule has 0 aromatic heterocycles. The van der Waals surface area contributed by atoms with Crippen LogP contribution in [-0.2, 0) is 9.59 Å². The lowest BCUT2D eigenvalue weighted by Gasteiger charge is -2.28. The fourth-order valence-corrected chi connectivity index (χ4v) is 7.42. The molecular formula is C46H52N2O4. The van der Waals surface area contributed by atoms with Gasteiger partial charge in [-0.3, -0.25) is 19.6 Å². The van der Waals surface area contributed by atoms with Gasteiger partial charge in [0.15, 0.2) is 11.6 Å². The van der Waals surface area contributed by atoms with Crippen LogP contribution < -0.4 is 0 Å². The molecule has 52 heavy (non-hydrogen) atoms. The zero-order chi connectivity index (χ0) is 38.6. The molecule has 2 N–H and O–H groups in total. The first kappa shape index (κ1) is 39.4. The average molecular weight is 697 g/mol. The number of aliphatic hydroxyl groups excluding tert-OH is 2. The minimum absolute atomic E-state index is 0.0780. The van der Waals surface area contributed by atoms with Crippen molar-refractivity contribution in [3.63, 3.8) is 0 Å². The van der Waals surface area contributed by atoms with Crippen LogP contribution in [0, 0.1) is 69.2 Å². The number of ketones is 2. The molecule has 0 aliphatic carbocycles. The summed E-state index contributed by atoms with van der Waals surface area (Å²) in [5.41, 5.74) is 13.1. The Labute approximate surface area is 309 Å². The lowest BCUT2D eigenvalue weighted by atomic mass is 9.84. The van der Waals surface area contributed by atoms with Gasteiger partial charge in [0.1, 0.15) is 23.6 Å². The van der Waals surface area contributed by atoms with Gasteiger partial charge < -0.3 is 10.2 Å². The third-order valence-electron chi connectivity index (χ3n) is 9.35. The van der Waals surface area contributed by atoms with Crippen molar-refractivity contribution in [2.24, 2.45) is 9.98 Å². The number of carbonyl (C=O) groups excluding carboxylic acids is 2. The highest BCUT2D eigenvalue weighted by Gasteiger charge is 2.30. The number of Topliss-reactive ketones (excluding diaryl/α,β-unsaturated/α-hetero) is 2. The molecule has 4 aromatic carbocycles. The lowest BCUT2D eigenvalue weighted by molar-refractivity contribution is -0.114. The zero-order valence-corrected chi connectivity index (χ0v) is 32.7. The molecule has 2 atom stereocenters. The molecule has 0 fully saturated rings. The third kappa shape index (κ3) is 9.10. The van der Waals surface area contributed by atoms with Crippen LogP contribution in [0.25, 0.3) is 11.5 Å². The van der Waals surface area contributed by atoms with Gasteiger partial charge in [0.25, 0.3) is 0 Å². The van der Waals surface area contributed by atoms with Crippen LogP contribution in [0.4, 0.5) is 0 Å². The monoisotopic (exact) mass is 696 g/mol.